The lowest BCUT2D eigenvalue weighted by Crippen LogP contribution is -2.58. The average Bonchev–Trinajstić information content (AvgIpc) is 2.51. The SMILES string of the molecule is CN1CCCN(C2c3cc(C#N)ccc3OC(C)(C)[C@H]2O)C1=O. The maximum absolute atomic E-state index is 12.6. The fraction of sp³-hybridized carbons (Fsp3) is 0.529. The molecule has 23 heavy (non-hydrogen) atoms. The topological polar surface area (TPSA) is 76.8 Å². The molecule has 1 saturated heterocycles. The molecule has 1 unspecified atom stereocenters. The van der Waals surface area contributed by atoms with Crippen LogP contribution >= 0.6 is 0 Å². The van der Waals surface area contributed by atoms with Crippen molar-refractivity contribution in [2.75, 3.05) is 20.1 Å². The molecule has 3 rings (SSSR count). The van der Waals surface area contributed by atoms with Crippen LogP contribution in [-0.4, -0.2) is 52.8 Å². The van der Waals surface area contributed by atoms with E-state index in [-0.39, 0.29) is 6.03 Å². The van der Waals surface area contributed by atoms with E-state index >= 15 is 0 Å². The Kier molecular flexibility index (Phi) is 3.69. The van der Waals surface area contributed by atoms with Crippen LogP contribution in [0.4, 0.5) is 4.79 Å². The van der Waals surface area contributed by atoms with Crippen LogP contribution in [0, 0.1) is 11.3 Å². The summed E-state index contributed by atoms with van der Waals surface area (Å²) in [6, 6.07) is 6.62. The predicted molar refractivity (Wildman–Crippen MR) is 84.0 cm³/mol. The van der Waals surface area contributed by atoms with Gasteiger partial charge in [0.2, 0.25) is 0 Å². The van der Waals surface area contributed by atoms with Gasteiger partial charge in [0.25, 0.3) is 0 Å². The Morgan fingerprint density at radius 2 is 2.13 bits per heavy atom. The van der Waals surface area contributed by atoms with Crippen LogP contribution in [-0.2, 0) is 0 Å². The van der Waals surface area contributed by atoms with Gasteiger partial charge in [-0.05, 0) is 38.5 Å². The van der Waals surface area contributed by atoms with Gasteiger partial charge in [-0.2, -0.15) is 5.26 Å². The van der Waals surface area contributed by atoms with Gasteiger partial charge < -0.3 is 19.6 Å². The third kappa shape index (κ3) is 2.51. The van der Waals surface area contributed by atoms with Gasteiger partial charge in [0.1, 0.15) is 17.5 Å². The zero-order chi connectivity index (χ0) is 16.8. The summed E-state index contributed by atoms with van der Waals surface area (Å²) in [5, 5.41) is 20.0. The number of aliphatic hydroxyl groups is 1. The Balaban J connectivity index is 2.10. The molecule has 1 aromatic rings. The number of rotatable bonds is 1. The van der Waals surface area contributed by atoms with Gasteiger partial charge in [-0.25, -0.2) is 4.79 Å². The van der Waals surface area contributed by atoms with Gasteiger partial charge in [-0.3, -0.25) is 0 Å². The lowest BCUT2D eigenvalue weighted by molar-refractivity contribution is -0.0888. The monoisotopic (exact) mass is 315 g/mol. The number of urea groups is 1. The molecule has 1 N–H and O–H groups in total. The third-order valence-corrected chi connectivity index (χ3v) is 4.64. The summed E-state index contributed by atoms with van der Waals surface area (Å²) in [5.74, 6) is 0.616. The summed E-state index contributed by atoms with van der Waals surface area (Å²) in [6.45, 7) is 4.91. The quantitative estimate of drug-likeness (QED) is 0.858. The summed E-state index contributed by atoms with van der Waals surface area (Å²) >= 11 is 0. The Bertz CT molecular complexity index is 680. The average molecular weight is 315 g/mol. The van der Waals surface area contributed by atoms with Gasteiger partial charge >= 0.3 is 6.03 Å². The molecule has 2 heterocycles. The van der Waals surface area contributed by atoms with Crippen LogP contribution in [0.5, 0.6) is 5.75 Å². The third-order valence-electron chi connectivity index (χ3n) is 4.64. The number of benzene rings is 1. The standard InChI is InChI=1S/C17H21N3O3/c1-17(2)15(21)14(20-8-4-7-19(3)16(20)22)12-9-11(10-18)5-6-13(12)23-17/h5-6,9,14-15,21H,4,7-8H2,1-3H3/t14?,15-/m0/s1. The van der Waals surface area contributed by atoms with Crippen molar-refractivity contribution in [2.45, 2.75) is 38.0 Å². The Hall–Kier alpha value is -2.26. The van der Waals surface area contributed by atoms with Crippen molar-refractivity contribution in [3.63, 3.8) is 0 Å². The van der Waals surface area contributed by atoms with E-state index in [9.17, 15) is 9.90 Å². The summed E-state index contributed by atoms with van der Waals surface area (Å²) < 4.78 is 5.90. The minimum Gasteiger partial charge on any atom is -0.485 e. The van der Waals surface area contributed by atoms with E-state index in [0.29, 0.717) is 30.0 Å². The van der Waals surface area contributed by atoms with Gasteiger partial charge in [-0.1, -0.05) is 0 Å². The molecule has 0 aromatic heterocycles. The van der Waals surface area contributed by atoms with Crippen molar-refractivity contribution in [3.05, 3.63) is 29.3 Å². The molecule has 2 atom stereocenters. The van der Waals surface area contributed by atoms with Crippen molar-refractivity contribution in [1.29, 1.82) is 5.26 Å². The van der Waals surface area contributed by atoms with Crippen LogP contribution in [0.15, 0.2) is 18.2 Å². The number of carbonyl (C=O) groups is 1. The molecule has 1 fully saturated rings. The second-order valence-electron chi connectivity index (χ2n) is 6.71. The zero-order valence-electron chi connectivity index (χ0n) is 13.6. The number of ether oxygens (including phenoxy) is 1. The van der Waals surface area contributed by atoms with Crippen molar-refractivity contribution in [1.82, 2.24) is 9.80 Å². The summed E-state index contributed by atoms with van der Waals surface area (Å²) in [5.41, 5.74) is 0.365. The normalized spacial score (nSPS) is 26.3. The van der Waals surface area contributed by atoms with Crippen molar-refractivity contribution >= 4 is 6.03 Å². The van der Waals surface area contributed by atoms with E-state index in [0.717, 1.165) is 6.42 Å². The minimum absolute atomic E-state index is 0.105. The number of hydrogen-bond acceptors (Lipinski definition) is 4. The number of carbonyl (C=O) groups excluding carboxylic acids is 1. The Morgan fingerprint density at radius 1 is 1.39 bits per heavy atom. The molecule has 1 aromatic carbocycles. The van der Waals surface area contributed by atoms with E-state index in [2.05, 4.69) is 6.07 Å². The number of fused-ring (bicyclic) bond motifs is 1. The Morgan fingerprint density at radius 3 is 2.83 bits per heavy atom. The molecule has 2 aliphatic rings. The molecule has 6 heteroatoms. The second-order valence-corrected chi connectivity index (χ2v) is 6.71. The highest BCUT2D eigenvalue weighted by atomic mass is 16.5. The van der Waals surface area contributed by atoms with Crippen LogP contribution in [0.25, 0.3) is 0 Å². The molecule has 122 valence electrons. The van der Waals surface area contributed by atoms with Gasteiger partial charge in [0.15, 0.2) is 0 Å². The lowest BCUT2D eigenvalue weighted by atomic mass is 9.84. The first-order valence-corrected chi connectivity index (χ1v) is 7.78. The smallest absolute Gasteiger partial charge is 0.320 e. The van der Waals surface area contributed by atoms with E-state index < -0.39 is 17.7 Å². The van der Waals surface area contributed by atoms with Crippen molar-refractivity contribution < 1.29 is 14.6 Å². The van der Waals surface area contributed by atoms with Crippen LogP contribution in [0.2, 0.25) is 0 Å². The maximum Gasteiger partial charge on any atom is 0.320 e. The molecule has 0 radical (unpaired) electrons. The van der Waals surface area contributed by atoms with Gasteiger partial charge in [-0.15, -0.1) is 0 Å². The second kappa shape index (κ2) is 5.43. The summed E-state index contributed by atoms with van der Waals surface area (Å²) in [6.07, 6.45) is -0.0283. The highest BCUT2D eigenvalue weighted by Gasteiger charge is 2.47. The van der Waals surface area contributed by atoms with Crippen molar-refractivity contribution in [2.24, 2.45) is 0 Å². The molecule has 0 saturated carbocycles. The van der Waals surface area contributed by atoms with Crippen molar-refractivity contribution in [3.8, 4) is 11.8 Å². The first-order chi connectivity index (χ1) is 10.8. The maximum atomic E-state index is 12.6. The van der Waals surface area contributed by atoms with Crippen LogP contribution in [0.1, 0.15) is 37.4 Å². The highest BCUT2D eigenvalue weighted by Crippen LogP contribution is 2.43. The van der Waals surface area contributed by atoms with Crippen LogP contribution in [0.3, 0.4) is 0 Å². The first-order valence-electron chi connectivity index (χ1n) is 7.78. The number of nitrogens with zero attached hydrogens (tertiary/aromatic N) is 3. The van der Waals surface area contributed by atoms with Gasteiger partial charge in [0, 0.05) is 25.7 Å². The molecule has 6 nitrogen and oxygen atoms in total. The summed E-state index contributed by atoms with van der Waals surface area (Å²) in [7, 11) is 1.76. The molecule has 0 spiro atoms. The number of hydrogen-bond donors (Lipinski definition) is 1. The predicted octanol–water partition coefficient (Wildman–Crippen LogP) is 1.89. The molecule has 0 aliphatic carbocycles. The fourth-order valence-electron chi connectivity index (χ4n) is 3.32. The Labute approximate surface area is 135 Å². The molecule has 2 aliphatic heterocycles. The highest BCUT2D eigenvalue weighted by molar-refractivity contribution is 5.76. The summed E-state index contributed by atoms with van der Waals surface area (Å²) in [4.78, 5) is 15.9. The van der Waals surface area contributed by atoms with E-state index in [4.69, 9.17) is 10.00 Å². The fourth-order valence-corrected chi connectivity index (χ4v) is 3.32. The molecular formula is C17H21N3O3. The van der Waals surface area contributed by atoms with E-state index in [1.54, 1.807) is 35.0 Å². The zero-order valence-corrected chi connectivity index (χ0v) is 13.6. The lowest BCUT2D eigenvalue weighted by Gasteiger charge is -2.48. The van der Waals surface area contributed by atoms with E-state index in [1.165, 1.54) is 0 Å². The van der Waals surface area contributed by atoms with Crippen LogP contribution < -0.4 is 4.74 Å². The number of aliphatic hydroxyl groups excluding tert-OH is 1. The number of nitriles is 1. The molecular weight excluding hydrogens is 294 g/mol. The molecule has 2 amide bonds. The van der Waals surface area contributed by atoms with Gasteiger partial charge in [0.05, 0.1) is 17.7 Å². The first kappa shape index (κ1) is 15.6. The molecule has 0 bridgehead atoms. The van der Waals surface area contributed by atoms with E-state index in [1.807, 2.05) is 13.8 Å². The number of amides is 2. The minimum atomic E-state index is -0.876. The largest absolute Gasteiger partial charge is 0.485 e.